The zero-order valence-electron chi connectivity index (χ0n) is 15.0. The number of hydrogen-bond acceptors (Lipinski definition) is 8. The number of pyridine rings is 1. The number of rotatable bonds is 4. The molecule has 2 fully saturated rings. The first-order valence-corrected chi connectivity index (χ1v) is 9.56. The minimum Gasteiger partial charge on any atom is -0.394 e. The van der Waals surface area contributed by atoms with Crippen LogP contribution < -0.4 is 4.90 Å². The summed E-state index contributed by atoms with van der Waals surface area (Å²) in [4.78, 5) is 15.3. The third-order valence-corrected chi connectivity index (χ3v) is 5.76. The van der Waals surface area contributed by atoms with Gasteiger partial charge in [-0.1, -0.05) is 12.8 Å². The van der Waals surface area contributed by atoms with Crippen molar-refractivity contribution in [1.82, 2.24) is 15.0 Å². The van der Waals surface area contributed by atoms with Gasteiger partial charge in [-0.15, -0.1) is 0 Å². The van der Waals surface area contributed by atoms with Crippen LogP contribution in [0, 0.1) is 0 Å². The predicted molar refractivity (Wildman–Crippen MR) is 99.7 cm³/mol. The molecule has 0 unspecified atom stereocenters. The van der Waals surface area contributed by atoms with Gasteiger partial charge in [0.1, 0.15) is 29.9 Å². The number of aromatic nitrogens is 3. The Labute approximate surface area is 161 Å². The van der Waals surface area contributed by atoms with Crippen LogP contribution in [0.2, 0.25) is 5.28 Å². The Hall–Kier alpha value is -1.58. The van der Waals surface area contributed by atoms with Crippen molar-refractivity contribution < 1.29 is 20.1 Å². The molecule has 0 bridgehead atoms. The molecule has 2 aromatic rings. The maximum absolute atomic E-state index is 10.2. The second-order valence-corrected chi connectivity index (χ2v) is 7.60. The Morgan fingerprint density at radius 3 is 2.63 bits per heavy atom. The molecule has 2 aromatic heterocycles. The van der Waals surface area contributed by atoms with Crippen molar-refractivity contribution in [1.29, 1.82) is 0 Å². The first-order valence-electron chi connectivity index (χ1n) is 9.18. The van der Waals surface area contributed by atoms with Crippen molar-refractivity contribution in [3.63, 3.8) is 0 Å². The fourth-order valence-corrected chi connectivity index (χ4v) is 4.20. The van der Waals surface area contributed by atoms with Crippen molar-refractivity contribution in [3.05, 3.63) is 23.1 Å². The largest absolute Gasteiger partial charge is 0.394 e. The van der Waals surface area contributed by atoms with E-state index in [-0.39, 0.29) is 11.9 Å². The Balaban J connectivity index is 1.71. The maximum atomic E-state index is 10.2. The van der Waals surface area contributed by atoms with Gasteiger partial charge in [-0.2, -0.15) is 4.98 Å². The fourth-order valence-electron chi connectivity index (χ4n) is 4.03. The Morgan fingerprint density at radius 1 is 1.22 bits per heavy atom. The number of nitrogens with zero attached hydrogens (tertiary/aromatic N) is 4. The van der Waals surface area contributed by atoms with Crippen LogP contribution in [0.4, 0.5) is 5.82 Å². The van der Waals surface area contributed by atoms with Gasteiger partial charge in [0, 0.05) is 24.8 Å². The summed E-state index contributed by atoms with van der Waals surface area (Å²) < 4.78 is 5.58. The lowest BCUT2D eigenvalue weighted by Gasteiger charge is -2.26. The molecule has 146 valence electrons. The molecule has 1 saturated heterocycles. The van der Waals surface area contributed by atoms with E-state index in [1.807, 2.05) is 7.05 Å². The molecule has 8 nitrogen and oxygen atoms in total. The summed E-state index contributed by atoms with van der Waals surface area (Å²) in [5.41, 5.74) is 1.74. The normalized spacial score (nSPS) is 28.9. The molecule has 1 aliphatic heterocycles. The van der Waals surface area contributed by atoms with Crippen LogP contribution in [0.1, 0.15) is 37.4 Å². The molecule has 3 heterocycles. The van der Waals surface area contributed by atoms with E-state index in [0.717, 1.165) is 12.8 Å². The number of fused-ring (bicyclic) bond motifs is 1. The molecular weight excluding hydrogens is 372 g/mol. The summed E-state index contributed by atoms with van der Waals surface area (Å²) in [7, 11) is 2.00. The number of halogens is 1. The average Bonchev–Trinajstić information content (AvgIpc) is 3.29. The van der Waals surface area contributed by atoms with E-state index in [1.165, 1.54) is 12.8 Å². The van der Waals surface area contributed by atoms with E-state index in [1.54, 1.807) is 12.3 Å². The van der Waals surface area contributed by atoms with Crippen molar-refractivity contribution in [2.24, 2.45) is 0 Å². The first-order chi connectivity index (χ1) is 13.0. The van der Waals surface area contributed by atoms with Crippen LogP contribution in [0.25, 0.3) is 11.0 Å². The van der Waals surface area contributed by atoms with E-state index in [4.69, 9.17) is 16.3 Å². The lowest BCUT2D eigenvalue weighted by Crippen LogP contribution is -2.32. The average molecular weight is 395 g/mol. The second-order valence-electron chi connectivity index (χ2n) is 7.26. The van der Waals surface area contributed by atoms with Crippen LogP contribution in [0.5, 0.6) is 0 Å². The molecule has 27 heavy (non-hydrogen) atoms. The van der Waals surface area contributed by atoms with Crippen molar-refractivity contribution in [2.75, 3.05) is 18.6 Å². The van der Waals surface area contributed by atoms with Gasteiger partial charge in [-0.25, -0.2) is 4.98 Å². The smallest absolute Gasteiger partial charge is 0.225 e. The van der Waals surface area contributed by atoms with E-state index < -0.39 is 24.4 Å². The fraction of sp³-hybridized carbons (Fsp3) is 0.611. The van der Waals surface area contributed by atoms with Gasteiger partial charge < -0.3 is 25.0 Å². The van der Waals surface area contributed by atoms with Gasteiger partial charge in [-0.05, 0) is 30.5 Å². The van der Waals surface area contributed by atoms with Crippen molar-refractivity contribution in [3.8, 4) is 0 Å². The molecular formula is C18H23ClN4O4. The Kier molecular flexibility index (Phi) is 5.17. The standard InChI is InChI=1S/C18H23ClN4O4/c1-23(10-4-2-3-5-10)17-13-11(21-18(19)22-17)6-9(7-20-13)16-15(26)14(25)12(8-24)27-16/h6-7,10,12,14-16,24-26H,2-5,8H2,1H3/t12-,14-,15-,16+/m1/s1. The number of ether oxygens (including phenoxy) is 1. The predicted octanol–water partition coefficient (Wildman–Crippen LogP) is 1.21. The topological polar surface area (TPSA) is 112 Å². The number of anilines is 1. The quantitative estimate of drug-likeness (QED) is 0.663. The van der Waals surface area contributed by atoms with Crippen molar-refractivity contribution in [2.45, 2.75) is 56.1 Å². The summed E-state index contributed by atoms with van der Waals surface area (Å²) in [6.45, 7) is -0.375. The van der Waals surface area contributed by atoms with E-state index >= 15 is 0 Å². The Bertz CT molecular complexity index is 832. The molecule has 0 amide bonds. The molecule has 2 aliphatic rings. The monoisotopic (exact) mass is 394 g/mol. The van der Waals surface area contributed by atoms with Gasteiger partial charge in [0.25, 0.3) is 0 Å². The summed E-state index contributed by atoms with van der Waals surface area (Å²) in [6, 6.07) is 2.14. The van der Waals surface area contributed by atoms with Crippen LogP contribution in [-0.2, 0) is 4.74 Å². The van der Waals surface area contributed by atoms with E-state index in [2.05, 4.69) is 19.9 Å². The number of hydrogen-bond donors (Lipinski definition) is 3. The lowest BCUT2D eigenvalue weighted by molar-refractivity contribution is -0.0228. The highest BCUT2D eigenvalue weighted by molar-refractivity contribution is 6.28. The highest BCUT2D eigenvalue weighted by Crippen LogP contribution is 2.36. The zero-order chi connectivity index (χ0) is 19.1. The molecule has 0 radical (unpaired) electrons. The Morgan fingerprint density at radius 2 is 1.96 bits per heavy atom. The first kappa shape index (κ1) is 18.8. The molecule has 1 saturated carbocycles. The number of aliphatic hydroxyl groups excluding tert-OH is 3. The summed E-state index contributed by atoms with van der Waals surface area (Å²) >= 11 is 6.15. The summed E-state index contributed by atoms with van der Waals surface area (Å²) in [6.07, 6.45) is 2.28. The zero-order valence-corrected chi connectivity index (χ0v) is 15.7. The lowest BCUT2D eigenvalue weighted by atomic mass is 10.0. The van der Waals surface area contributed by atoms with Crippen LogP contribution >= 0.6 is 11.6 Å². The van der Waals surface area contributed by atoms with Crippen LogP contribution in [0.3, 0.4) is 0 Å². The molecule has 3 N–H and O–H groups in total. The summed E-state index contributed by atoms with van der Waals surface area (Å²) in [5, 5.41) is 29.6. The van der Waals surface area contributed by atoms with Gasteiger partial charge in [0.05, 0.1) is 12.1 Å². The molecule has 1 aliphatic carbocycles. The van der Waals surface area contributed by atoms with Crippen LogP contribution in [0.15, 0.2) is 12.3 Å². The van der Waals surface area contributed by atoms with Gasteiger partial charge in [-0.3, -0.25) is 4.98 Å². The molecule has 0 aromatic carbocycles. The SMILES string of the molecule is CN(c1nc(Cl)nc2cc([C@@H]3O[C@H](CO)[C@@H](O)[C@H]3O)cnc12)C1CCCC1. The van der Waals surface area contributed by atoms with Crippen LogP contribution in [-0.4, -0.2) is 68.3 Å². The third kappa shape index (κ3) is 3.36. The third-order valence-electron chi connectivity index (χ3n) is 5.59. The van der Waals surface area contributed by atoms with E-state index in [0.29, 0.717) is 28.5 Å². The van der Waals surface area contributed by atoms with Gasteiger partial charge >= 0.3 is 0 Å². The summed E-state index contributed by atoms with van der Waals surface area (Å²) in [5.74, 6) is 0.685. The minimum absolute atomic E-state index is 0.127. The highest BCUT2D eigenvalue weighted by atomic mass is 35.5. The highest BCUT2D eigenvalue weighted by Gasteiger charge is 2.43. The van der Waals surface area contributed by atoms with Gasteiger partial charge in [0.15, 0.2) is 5.82 Å². The number of aliphatic hydroxyl groups is 3. The van der Waals surface area contributed by atoms with E-state index in [9.17, 15) is 15.3 Å². The molecule has 0 spiro atoms. The second kappa shape index (κ2) is 7.44. The minimum atomic E-state index is -1.16. The molecule has 4 atom stereocenters. The maximum Gasteiger partial charge on any atom is 0.225 e. The molecule has 9 heteroatoms. The molecule has 4 rings (SSSR count). The van der Waals surface area contributed by atoms with Gasteiger partial charge in [0.2, 0.25) is 5.28 Å². The van der Waals surface area contributed by atoms with Crippen molar-refractivity contribution >= 4 is 28.5 Å².